The van der Waals surface area contributed by atoms with Gasteiger partial charge in [-0.05, 0) is 36.9 Å². The number of carbonyl (C=O) groups is 3. The molecule has 0 heterocycles. The van der Waals surface area contributed by atoms with Gasteiger partial charge in [0.25, 0.3) is 5.91 Å². The highest BCUT2D eigenvalue weighted by Crippen LogP contribution is 2.56. The number of carbonyl (C=O) groups excluding carboxylic acids is 3. The maximum absolute atomic E-state index is 14.1. The fraction of sp³-hybridized carbons (Fsp3) is 0.276. The number of nitrogens with zero attached hydrogens (tertiary/aromatic N) is 1. The number of benzene rings is 2. The van der Waals surface area contributed by atoms with Crippen molar-refractivity contribution in [2.45, 2.75) is 24.4 Å². The largest absolute Gasteiger partial charge is 0.508 e. The van der Waals surface area contributed by atoms with E-state index in [2.05, 4.69) is 6.58 Å². The van der Waals surface area contributed by atoms with E-state index in [4.69, 9.17) is 10.5 Å². The number of amides is 1. The van der Waals surface area contributed by atoms with Crippen LogP contribution in [0.15, 0.2) is 72.0 Å². The molecule has 2 aromatic carbocycles. The van der Waals surface area contributed by atoms with Crippen molar-refractivity contribution < 1.29 is 39.5 Å². The molecule has 2 aromatic rings. The molecule has 6 N–H and O–H groups in total. The molecule has 0 saturated heterocycles. The summed E-state index contributed by atoms with van der Waals surface area (Å²) < 4.78 is 6.35. The molecule has 5 atom stereocenters. The van der Waals surface area contributed by atoms with E-state index in [1.54, 1.807) is 36.4 Å². The van der Waals surface area contributed by atoms with Crippen molar-refractivity contribution in [3.8, 4) is 5.75 Å². The van der Waals surface area contributed by atoms with Crippen molar-refractivity contribution >= 4 is 28.8 Å². The third-order valence-electron chi connectivity index (χ3n) is 7.86. The van der Waals surface area contributed by atoms with E-state index in [9.17, 15) is 34.8 Å². The molecule has 1 fully saturated rings. The molecule has 0 aliphatic heterocycles. The molecule has 202 valence electrons. The summed E-state index contributed by atoms with van der Waals surface area (Å²) in [6.45, 7) is 4.13. The van der Waals surface area contributed by atoms with Crippen molar-refractivity contribution in [3.63, 3.8) is 0 Å². The normalized spacial score (nSPS) is 28.4. The first-order valence-electron chi connectivity index (χ1n) is 12.2. The van der Waals surface area contributed by atoms with Gasteiger partial charge in [0.05, 0.1) is 35.8 Å². The number of primary amides is 1. The molecular weight excluding hydrogens is 504 g/mol. The van der Waals surface area contributed by atoms with E-state index < -0.39 is 64.1 Å². The Hall–Kier alpha value is -4.25. The Balaban J connectivity index is 1.81. The number of ether oxygens (including phenoxy) is 1. The number of aliphatic hydroxyl groups excluding tert-OH is 2. The Morgan fingerprint density at radius 2 is 1.74 bits per heavy atom. The van der Waals surface area contributed by atoms with Gasteiger partial charge in [0.15, 0.2) is 11.4 Å². The minimum atomic E-state index is -2.86. The summed E-state index contributed by atoms with van der Waals surface area (Å²) in [5.41, 5.74) is 2.61. The molecule has 10 nitrogen and oxygen atoms in total. The molecular formula is C29H28N2O8. The standard InChI is InChI=1S/C29H28N2O8/c1-13-15-10-7-11-16(32)18(15)23(33)19-17(13)25(39-12-14-8-5-4-6-9-14)21-22(31(2)3)24(34)20(28(30)37)27(36)29(21,38)26(19)35/h4-11,17,21-22,25,32-33,36,38H,1,12H2,2-3H3,(H2,30,37)/t17-,21+,22-,25-,29+/m1/s1. The van der Waals surface area contributed by atoms with Gasteiger partial charge in [-0.2, -0.15) is 0 Å². The van der Waals surface area contributed by atoms with Crippen LogP contribution in [0, 0.1) is 11.8 Å². The van der Waals surface area contributed by atoms with Crippen LogP contribution in [0.2, 0.25) is 0 Å². The third-order valence-corrected chi connectivity index (χ3v) is 7.86. The molecule has 39 heavy (non-hydrogen) atoms. The van der Waals surface area contributed by atoms with Gasteiger partial charge in [0.1, 0.15) is 22.8 Å². The van der Waals surface area contributed by atoms with Gasteiger partial charge in [0.2, 0.25) is 5.78 Å². The summed E-state index contributed by atoms with van der Waals surface area (Å²) in [5.74, 6) is -8.01. The Labute approximate surface area is 223 Å². The second-order valence-corrected chi connectivity index (χ2v) is 10.2. The fourth-order valence-electron chi connectivity index (χ4n) is 6.15. The number of aromatic hydroxyl groups is 1. The summed E-state index contributed by atoms with van der Waals surface area (Å²) in [4.78, 5) is 41.4. The molecule has 0 aromatic heterocycles. The van der Waals surface area contributed by atoms with Crippen LogP contribution in [0.5, 0.6) is 5.75 Å². The highest BCUT2D eigenvalue weighted by molar-refractivity contribution is 6.25. The zero-order chi connectivity index (χ0) is 28.4. The zero-order valence-electron chi connectivity index (χ0n) is 21.3. The molecule has 1 saturated carbocycles. The second-order valence-electron chi connectivity index (χ2n) is 10.2. The molecule has 3 aliphatic rings. The Morgan fingerprint density at radius 3 is 2.36 bits per heavy atom. The number of phenols is 1. The van der Waals surface area contributed by atoms with Crippen LogP contribution in [0.4, 0.5) is 0 Å². The lowest BCUT2D eigenvalue weighted by atomic mass is 9.55. The van der Waals surface area contributed by atoms with E-state index in [-0.39, 0.29) is 23.5 Å². The predicted octanol–water partition coefficient (Wildman–Crippen LogP) is 1.63. The number of aliphatic hydroxyl groups is 3. The van der Waals surface area contributed by atoms with Gasteiger partial charge in [0, 0.05) is 5.92 Å². The smallest absolute Gasteiger partial charge is 0.255 e. The first-order valence-corrected chi connectivity index (χ1v) is 12.2. The van der Waals surface area contributed by atoms with Gasteiger partial charge >= 0.3 is 0 Å². The van der Waals surface area contributed by atoms with Crippen LogP contribution in [-0.4, -0.2) is 74.6 Å². The maximum Gasteiger partial charge on any atom is 0.255 e. The van der Waals surface area contributed by atoms with Crippen LogP contribution in [-0.2, 0) is 25.7 Å². The molecule has 10 heteroatoms. The number of Topliss-reactive ketones (excluding diaryl/α,β-unsaturated/α-hetero) is 2. The van der Waals surface area contributed by atoms with E-state index in [0.29, 0.717) is 11.1 Å². The summed E-state index contributed by atoms with van der Waals surface area (Å²) in [6.07, 6.45) is -1.21. The van der Waals surface area contributed by atoms with Crippen molar-refractivity contribution in [3.05, 3.63) is 88.7 Å². The van der Waals surface area contributed by atoms with Gasteiger partial charge in [-0.1, -0.05) is 49.0 Å². The molecule has 3 aliphatic carbocycles. The molecule has 0 unspecified atom stereocenters. The van der Waals surface area contributed by atoms with Crippen molar-refractivity contribution in [2.24, 2.45) is 17.6 Å². The topological polar surface area (TPSA) is 171 Å². The SMILES string of the molecule is C=C1c2cccc(O)c2C(O)=C2C(=O)[C@]3(O)C(O)=C(C(N)=O)C(=O)[C@H](N(C)C)[C@H]3[C@H](OCc3ccccc3)[C@H]12. The minimum absolute atomic E-state index is 0.0154. The van der Waals surface area contributed by atoms with Crippen molar-refractivity contribution in [2.75, 3.05) is 14.1 Å². The number of phenolic OH excluding ortho intramolecular Hbond substituents is 1. The summed E-state index contributed by atoms with van der Waals surface area (Å²) in [6, 6.07) is 12.2. The van der Waals surface area contributed by atoms with E-state index in [0.717, 1.165) is 5.56 Å². The number of ketones is 2. The predicted molar refractivity (Wildman–Crippen MR) is 140 cm³/mol. The summed E-state index contributed by atoms with van der Waals surface area (Å²) >= 11 is 0. The Morgan fingerprint density at radius 1 is 1.08 bits per heavy atom. The first-order chi connectivity index (χ1) is 18.4. The Bertz CT molecular complexity index is 1490. The average Bonchev–Trinajstić information content (AvgIpc) is 2.88. The number of fused-ring (bicyclic) bond motifs is 3. The van der Waals surface area contributed by atoms with Crippen LogP contribution in [0.25, 0.3) is 11.3 Å². The Kier molecular flexibility index (Phi) is 6.21. The summed E-state index contributed by atoms with van der Waals surface area (Å²) in [5, 5.41) is 45.1. The number of hydrogen-bond acceptors (Lipinski definition) is 9. The van der Waals surface area contributed by atoms with Gasteiger partial charge in [-0.15, -0.1) is 0 Å². The third kappa shape index (κ3) is 3.63. The first kappa shape index (κ1) is 26.4. The zero-order valence-corrected chi connectivity index (χ0v) is 21.3. The van der Waals surface area contributed by atoms with E-state index in [1.807, 2.05) is 6.07 Å². The molecule has 0 spiro atoms. The van der Waals surface area contributed by atoms with Gasteiger partial charge in [-0.25, -0.2) is 0 Å². The fourth-order valence-corrected chi connectivity index (χ4v) is 6.15. The van der Waals surface area contributed by atoms with Gasteiger partial charge in [-0.3, -0.25) is 19.3 Å². The molecule has 0 radical (unpaired) electrons. The van der Waals surface area contributed by atoms with Gasteiger partial charge < -0.3 is 30.9 Å². The van der Waals surface area contributed by atoms with Crippen LogP contribution in [0.3, 0.4) is 0 Å². The summed E-state index contributed by atoms with van der Waals surface area (Å²) in [7, 11) is 3.04. The average molecular weight is 533 g/mol. The number of likely N-dealkylation sites (N-methyl/N-ethyl adjacent to an activating group) is 1. The quantitative estimate of drug-likeness (QED) is 0.359. The van der Waals surface area contributed by atoms with Crippen molar-refractivity contribution in [1.29, 1.82) is 0 Å². The van der Waals surface area contributed by atoms with Crippen LogP contribution < -0.4 is 5.73 Å². The van der Waals surface area contributed by atoms with E-state index in [1.165, 1.54) is 25.1 Å². The lowest BCUT2D eigenvalue weighted by molar-refractivity contribution is -0.173. The lowest BCUT2D eigenvalue weighted by Crippen LogP contribution is -2.70. The highest BCUT2D eigenvalue weighted by Gasteiger charge is 2.68. The molecule has 5 rings (SSSR count). The second kappa shape index (κ2) is 9.19. The van der Waals surface area contributed by atoms with Crippen LogP contribution in [0.1, 0.15) is 16.7 Å². The lowest BCUT2D eigenvalue weighted by Gasteiger charge is -2.54. The van der Waals surface area contributed by atoms with Crippen LogP contribution >= 0.6 is 0 Å². The molecule has 1 amide bonds. The minimum Gasteiger partial charge on any atom is -0.508 e. The monoisotopic (exact) mass is 532 g/mol. The highest BCUT2D eigenvalue weighted by atomic mass is 16.5. The maximum atomic E-state index is 14.1. The number of rotatable bonds is 5. The number of hydrogen-bond donors (Lipinski definition) is 5. The van der Waals surface area contributed by atoms with E-state index >= 15 is 0 Å². The van der Waals surface area contributed by atoms with Crippen molar-refractivity contribution in [1.82, 2.24) is 4.90 Å². The molecule has 0 bridgehead atoms. The number of nitrogens with two attached hydrogens (primary N) is 1.